The van der Waals surface area contributed by atoms with Crippen LogP contribution < -0.4 is 10.5 Å². The van der Waals surface area contributed by atoms with Gasteiger partial charge >= 0.3 is 0 Å². The summed E-state index contributed by atoms with van der Waals surface area (Å²) < 4.78 is 27.3. The van der Waals surface area contributed by atoms with Gasteiger partial charge in [-0.15, -0.1) is 0 Å². The van der Waals surface area contributed by atoms with Crippen LogP contribution in [0.4, 0.5) is 0 Å². The third kappa shape index (κ3) is 3.66. The topological polar surface area (TPSA) is 85.3 Å². The van der Waals surface area contributed by atoms with Crippen LogP contribution >= 0.6 is 0 Å². The van der Waals surface area contributed by atoms with Crippen LogP contribution in [0.3, 0.4) is 0 Å². The fourth-order valence-corrected chi connectivity index (χ4v) is 2.20. The number of benzene rings is 1. The molecule has 1 aromatic heterocycles. The Labute approximate surface area is 112 Å². The summed E-state index contributed by atoms with van der Waals surface area (Å²) >= 11 is 0. The molecular weight excluding hydrogens is 264 g/mol. The Bertz CT molecular complexity index is 635. The molecule has 0 saturated heterocycles. The average molecular weight is 280 g/mol. The second-order valence-corrected chi connectivity index (χ2v) is 5.77. The van der Waals surface area contributed by atoms with E-state index in [1.54, 1.807) is 6.07 Å². The molecule has 19 heavy (non-hydrogen) atoms. The highest BCUT2D eigenvalue weighted by atomic mass is 32.2. The molecule has 0 amide bonds. The van der Waals surface area contributed by atoms with Gasteiger partial charge in [0.05, 0.1) is 6.54 Å². The van der Waals surface area contributed by atoms with Crippen molar-refractivity contribution in [3.05, 3.63) is 53.8 Å². The van der Waals surface area contributed by atoms with E-state index in [-0.39, 0.29) is 11.1 Å². The van der Waals surface area contributed by atoms with E-state index in [0.29, 0.717) is 12.3 Å². The predicted octanol–water partition coefficient (Wildman–Crippen LogP) is 1.78. The Morgan fingerprint density at radius 1 is 1.21 bits per heavy atom. The Kier molecular flexibility index (Phi) is 4.04. The molecule has 2 aromatic rings. The maximum atomic E-state index is 11.1. The third-order valence-electron chi connectivity index (χ3n) is 2.80. The van der Waals surface area contributed by atoms with Gasteiger partial charge in [0.1, 0.15) is 5.76 Å². The number of nitrogens with two attached hydrogens (primary N) is 1. The van der Waals surface area contributed by atoms with Crippen molar-refractivity contribution in [2.75, 3.05) is 0 Å². The second-order valence-electron chi connectivity index (χ2n) is 4.28. The molecule has 0 aliphatic heterocycles. The fourth-order valence-electron chi connectivity index (χ4n) is 1.72. The van der Waals surface area contributed by atoms with Crippen molar-refractivity contribution in [3.63, 3.8) is 0 Å². The first kappa shape index (κ1) is 13.8. The van der Waals surface area contributed by atoms with Gasteiger partial charge in [0.25, 0.3) is 10.0 Å². The van der Waals surface area contributed by atoms with Crippen LogP contribution in [0, 0.1) is 0 Å². The summed E-state index contributed by atoms with van der Waals surface area (Å²) in [7, 11) is -3.77. The summed E-state index contributed by atoms with van der Waals surface area (Å²) in [6.45, 7) is 2.46. The van der Waals surface area contributed by atoms with Gasteiger partial charge in [0, 0.05) is 6.04 Å². The third-order valence-corrected chi connectivity index (χ3v) is 3.58. The first-order valence-corrected chi connectivity index (χ1v) is 7.41. The summed E-state index contributed by atoms with van der Waals surface area (Å²) in [5, 5.41) is 8.01. The van der Waals surface area contributed by atoms with Crippen molar-refractivity contribution in [1.29, 1.82) is 0 Å². The van der Waals surface area contributed by atoms with E-state index in [4.69, 9.17) is 9.56 Å². The van der Waals surface area contributed by atoms with Gasteiger partial charge in [-0.2, -0.15) is 0 Å². The average Bonchev–Trinajstić information content (AvgIpc) is 2.86. The minimum absolute atomic E-state index is 0.143. The van der Waals surface area contributed by atoms with Crippen LogP contribution in [0.25, 0.3) is 0 Å². The number of rotatable bonds is 5. The van der Waals surface area contributed by atoms with Crippen LogP contribution in [0.2, 0.25) is 0 Å². The summed E-state index contributed by atoms with van der Waals surface area (Å²) in [4.78, 5) is 0. The lowest BCUT2D eigenvalue weighted by molar-refractivity contribution is 0.393. The Balaban J connectivity index is 1.98. The highest BCUT2D eigenvalue weighted by Gasteiger charge is 2.13. The van der Waals surface area contributed by atoms with Crippen LogP contribution in [0.1, 0.15) is 24.3 Å². The quantitative estimate of drug-likeness (QED) is 0.874. The SMILES string of the molecule is C[C@H](NCc1ccc(S(N)(=O)=O)o1)c1ccccc1. The van der Waals surface area contributed by atoms with Gasteiger partial charge in [0.15, 0.2) is 0 Å². The minimum atomic E-state index is -3.77. The predicted molar refractivity (Wildman–Crippen MR) is 71.8 cm³/mol. The number of primary sulfonamides is 1. The first-order valence-electron chi connectivity index (χ1n) is 5.86. The van der Waals surface area contributed by atoms with Gasteiger partial charge < -0.3 is 9.73 Å². The lowest BCUT2D eigenvalue weighted by Crippen LogP contribution is -2.17. The smallest absolute Gasteiger partial charge is 0.271 e. The molecule has 0 saturated carbocycles. The molecule has 0 aliphatic carbocycles. The summed E-state index contributed by atoms with van der Waals surface area (Å²) in [5.74, 6) is 0.534. The van der Waals surface area contributed by atoms with Gasteiger partial charge in [-0.1, -0.05) is 30.3 Å². The molecule has 0 bridgehead atoms. The first-order chi connectivity index (χ1) is 8.97. The number of sulfonamides is 1. The Hall–Kier alpha value is -1.63. The zero-order chi connectivity index (χ0) is 13.9. The molecular formula is C13H16N2O3S. The molecule has 0 aliphatic rings. The molecule has 3 N–H and O–H groups in total. The Morgan fingerprint density at radius 3 is 2.47 bits per heavy atom. The highest BCUT2D eigenvalue weighted by molar-refractivity contribution is 7.89. The highest BCUT2D eigenvalue weighted by Crippen LogP contribution is 2.15. The largest absolute Gasteiger partial charge is 0.447 e. The maximum Gasteiger partial charge on any atom is 0.271 e. The molecule has 2 rings (SSSR count). The number of hydrogen-bond acceptors (Lipinski definition) is 4. The summed E-state index contributed by atoms with van der Waals surface area (Å²) in [5.41, 5.74) is 1.15. The number of nitrogens with one attached hydrogen (secondary N) is 1. The van der Waals surface area contributed by atoms with E-state index in [1.165, 1.54) is 6.07 Å². The number of hydrogen-bond donors (Lipinski definition) is 2. The molecule has 0 spiro atoms. The molecule has 1 atom stereocenters. The van der Waals surface area contributed by atoms with Gasteiger partial charge in [-0.05, 0) is 24.6 Å². The Morgan fingerprint density at radius 2 is 1.89 bits per heavy atom. The van der Waals surface area contributed by atoms with Gasteiger partial charge in [-0.3, -0.25) is 0 Å². The lowest BCUT2D eigenvalue weighted by Gasteiger charge is -2.12. The lowest BCUT2D eigenvalue weighted by atomic mass is 10.1. The molecule has 1 heterocycles. The normalized spacial score (nSPS) is 13.4. The van der Waals surface area contributed by atoms with Crippen LogP contribution in [0.15, 0.2) is 52.0 Å². The van der Waals surface area contributed by atoms with E-state index < -0.39 is 10.0 Å². The van der Waals surface area contributed by atoms with E-state index in [2.05, 4.69) is 5.32 Å². The van der Waals surface area contributed by atoms with Crippen molar-refractivity contribution < 1.29 is 12.8 Å². The van der Waals surface area contributed by atoms with Gasteiger partial charge in [-0.25, -0.2) is 13.6 Å². The summed E-state index contributed by atoms with van der Waals surface area (Å²) in [6.07, 6.45) is 0. The van der Waals surface area contributed by atoms with Gasteiger partial charge in [0.2, 0.25) is 5.09 Å². The van der Waals surface area contributed by atoms with Crippen molar-refractivity contribution in [2.45, 2.75) is 24.6 Å². The van der Waals surface area contributed by atoms with E-state index in [9.17, 15) is 8.42 Å². The fraction of sp³-hybridized carbons (Fsp3) is 0.231. The van der Waals surface area contributed by atoms with E-state index in [1.807, 2.05) is 37.3 Å². The zero-order valence-corrected chi connectivity index (χ0v) is 11.4. The molecule has 102 valence electrons. The molecule has 5 nitrogen and oxygen atoms in total. The molecule has 0 fully saturated rings. The monoisotopic (exact) mass is 280 g/mol. The minimum Gasteiger partial charge on any atom is -0.447 e. The van der Waals surface area contributed by atoms with Crippen molar-refractivity contribution in [1.82, 2.24) is 5.32 Å². The zero-order valence-electron chi connectivity index (χ0n) is 10.5. The van der Waals surface area contributed by atoms with Crippen LogP contribution in [0.5, 0.6) is 0 Å². The van der Waals surface area contributed by atoms with E-state index in [0.717, 1.165) is 5.56 Å². The second kappa shape index (κ2) is 5.56. The van der Waals surface area contributed by atoms with Crippen molar-refractivity contribution in [2.24, 2.45) is 5.14 Å². The molecule has 0 radical (unpaired) electrons. The molecule has 0 unspecified atom stereocenters. The maximum absolute atomic E-state index is 11.1. The molecule has 1 aromatic carbocycles. The van der Waals surface area contributed by atoms with Crippen molar-refractivity contribution in [3.8, 4) is 0 Å². The molecule has 6 heteroatoms. The summed E-state index contributed by atoms with van der Waals surface area (Å²) in [6, 6.07) is 13.1. The van der Waals surface area contributed by atoms with E-state index >= 15 is 0 Å². The number of furan rings is 1. The van der Waals surface area contributed by atoms with Crippen molar-refractivity contribution >= 4 is 10.0 Å². The van der Waals surface area contributed by atoms with Crippen LogP contribution in [-0.4, -0.2) is 8.42 Å². The standard InChI is InChI=1S/C13H16N2O3S/c1-10(11-5-3-2-4-6-11)15-9-12-7-8-13(18-12)19(14,16)17/h2-8,10,15H,9H2,1H3,(H2,14,16,17)/t10-/m0/s1. The van der Waals surface area contributed by atoms with Crippen LogP contribution in [-0.2, 0) is 16.6 Å².